The lowest BCUT2D eigenvalue weighted by Crippen LogP contribution is -2.28. The summed E-state index contributed by atoms with van der Waals surface area (Å²) >= 11 is 5.19. The minimum absolute atomic E-state index is 0.266. The van der Waals surface area contributed by atoms with Crippen molar-refractivity contribution >= 4 is 23.0 Å². The van der Waals surface area contributed by atoms with E-state index < -0.39 is 0 Å². The van der Waals surface area contributed by atoms with E-state index in [1.807, 2.05) is 24.3 Å². The Morgan fingerprint density at radius 1 is 0.852 bits per heavy atom. The van der Waals surface area contributed by atoms with Gasteiger partial charge in [-0.1, -0.05) is 36.4 Å². The molecule has 6 heteroatoms. The Morgan fingerprint density at radius 2 is 1.52 bits per heavy atom. The number of halogens is 2. The van der Waals surface area contributed by atoms with Gasteiger partial charge in [-0.2, -0.15) is 0 Å². The second-order valence-corrected chi connectivity index (χ2v) is 6.25. The number of rotatable bonds is 6. The van der Waals surface area contributed by atoms with Crippen LogP contribution in [0.5, 0.6) is 5.75 Å². The summed E-state index contributed by atoms with van der Waals surface area (Å²) < 4.78 is 32.2. The standard InChI is InChI=1S/C21H18F2N2OS/c22-17-9-5-16(6-10-17)14-26-18-11-7-15(8-12-18)13-24-21(27)25-20-4-2-1-3-19(20)23/h1-12H,13-14H2,(H2,24,25,27). The van der Waals surface area contributed by atoms with Crippen molar-refractivity contribution in [2.75, 3.05) is 5.32 Å². The van der Waals surface area contributed by atoms with E-state index in [0.717, 1.165) is 16.9 Å². The number of hydrogen-bond donors (Lipinski definition) is 2. The summed E-state index contributed by atoms with van der Waals surface area (Å²) in [6.45, 7) is 0.868. The normalized spacial score (nSPS) is 10.3. The number of hydrogen-bond acceptors (Lipinski definition) is 2. The van der Waals surface area contributed by atoms with E-state index in [1.54, 1.807) is 30.3 Å². The van der Waals surface area contributed by atoms with Crippen LogP contribution in [0.1, 0.15) is 11.1 Å². The molecule has 0 fully saturated rings. The second-order valence-electron chi connectivity index (χ2n) is 5.85. The predicted octanol–water partition coefficient (Wildman–Crippen LogP) is 5.03. The van der Waals surface area contributed by atoms with E-state index in [-0.39, 0.29) is 11.6 Å². The SMILES string of the molecule is Fc1ccc(COc2ccc(CNC(=S)Nc3ccccc3F)cc2)cc1. The van der Waals surface area contributed by atoms with Gasteiger partial charge in [0.1, 0.15) is 24.0 Å². The Kier molecular flexibility index (Phi) is 6.33. The van der Waals surface area contributed by atoms with Crippen LogP contribution >= 0.6 is 12.2 Å². The van der Waals surface area contributed by atoms with Crippen LogP contribution in [0.2, 0.25) is 0 Å². The van der Waals surface area contributed by atoms with Crippen molar-refractivity contribution in [2.45, 2.75) is 13.2 Å². The molecule has 0 aliphatic rings. The maximum absolute atomic E-state index is 13.6. The quantitative estimate of drug-likeness (QED) is 0.584. The van der Waals surface area contributed by atoms with Crippen LogP contribution in [-0.4, -0.2) is 5.11 Å². The van der Waals surface area contributed by atoms with E-state index in [4.69, 9.17) is 17.0 Å². The zero-order valence-corrected chi connectivity index (χ0v) is 15.2. The Hall–Kier alpha value is -2.99. The number of ether oxygens (including phenoxy) is 1. The first-order valence-corrected chi connectivity index (χ1v) is 8.76. The highest BCUT2D eigenvalue weighted by molar-refractivity contribution is 7.80. The summed E-state index contributed by atoms with van der Waals surface area (Å²) in [5, 5.41) is 6.21. The largest absolute Gasteiger partial charge is 0.489 e. The highest BCUT2D eigenvalue weighted by Crippen LogP contribution is 2.15. The summed E-state index contributed by atoms with van der Waals surface area (Å²) in [6.07, 6.45) is 0. The lowest BCUT2D eigenvalue weighted by molar-refractivity contribution is 0.306. The molecule has 0 saturated carbocycles. The zero-order valence-electron chi connectivity index (χ0n) is 14.4. The van der Waals surface area contributed by atoms with E-state index in [2.05, 4.69) is 10.6 Å². The van der Waals surface area contributed by atoms with Gasteiger partial charge in [0.25, 0.3) is 0 Å². The van der Waals surface area contributed by atoms with E-state index in [1.165, 1.54) is 18.2 Å². The predicted molar refractivity (Wildman–Crippen MR) is 107 cm³/mol. The number of benzene rings is 3. The molecular weight excluding hydrogens is 366 g/mol. The van der Waals surface area contributed by atoms with E-state index in [9.17, 15) is 8.78 Å². The molecule has 3 nitrogen and oxygen atoms in total. The molecule has 0 atom stereocenters. The molecule has 0 aliphatic carbocycles. The second kappa shape index (κ2) is 9.09. The molecule has 0 spiro atoms. The molecule has 0 aliphatic heterocycles. The van der Waals surface area contributed by atoms with E-state index in [0.29, 0.717) is 24.0 Å². The van der Waals surface area contributed by atoms with Gasteiger partial charge in [-0.25, -0.2) is 8.78 Å². The fraction of sp³-hybridized carbons (Fsp3) is 0.0952. The van der Waals surface area contributed by atoms with Gasteiger partial charge in [-0.05, 0) is 59.7 Å². The summed E-state index contributed by atoms with van der Waals surface area (Å²) in [5.41, 5.74) is 2.23. The third-order valence-corrected chi connectivity index (χ3v) is 4.06. The Bertz CT molecular complexity index is 899. The fourth-order valence-corrected chi connectivity index (χ4v) is 2.54. The van der Waals surface area contributed by atoms with Crippen LogP contribution in [0.25, 0.3) is 0 Å². The molecule has 3 rings (SSSR count). The number of anilines is 1. The highest BCUT2D eigenvalue weighted by Gasteiger charge is 2.03. The Labute approximate surface area is 162 Å². The average Bonchev–Trinajstić information content (AvgIpc) is 2.68. The smallest absolute Gasteiger partial charge is 0.171 e. The molecule has 138 valence electrons. The zero-order chi connectivity index (χ0) is 19.1. The summed E-state index contributed by atoms with van der Waals surface area (Å²) in [5.74, 6) is 0.0949. The fourth-order valence-electron chi connectivity index (χ4n) is 2.36. The summed E-state index contributed by atoms with van der Waals surface area (Å²) in [7, 11) is 0. The van der Waals surface area contributed by atoms with Crippen LogP contribution < -0.4 is 15.4 Å². The van der Waals surface area contributed by atoms with Gasteiger partial charge in [0.15, 0.2) is 5.11 Å². The van der Waals surface area contributed by atoms with Crippen molar-refractivity contribution in [1.82, 2.24) is 5.32 Å². The van der Waals surface area contributed by atoms with Crippen molar-refractivity contribution in [2.24, 2.45) is 0 Å². The van der Waals surface area contributed by atoms with Gasteiger partial charge in [-0.3, -0.25) is 0 Å². The molecule has 0 saturated heterocycles. The molecule has 0 heterocycles. The monoisotopic (exact) mass is 384 g/mol. The van der Waals surface area contributed by atoms with Gasteiger partial charge in [-0.15, -0.1) is 0 Å². The topological polar surface area (TPSA) is 33.3 Å². The molecule has 0 amide bonds. The number of para-hydroxylation sites is 1. The Balaban J connectivity index is 1.46. The molecular formula is C21H18F2N2OS. The van der Waals surface area contributed by atoms with Crippen molar-refractivity contribution in [3.63, 3.8) is 0 Å². The van der Waals surface area contributed by atoms with Gasteiger partial charge in [0.2, 0.25) is 0 Å². The van der Waals surface area contributed by atoms with Gasteiger partial charge in [0, 0.05) is 6.54 Å². The Morgan fingerprint density at radius 3 is 2.22 bits per heavy atom. The summed E-state index contributed by atoms with van der Waals surface area (Å²) in [4.78, 5) is 0. The van der Waals surface area contributed by atoms with Gasteiger partial charge in [0.05, 0.1) is 5.69 Å². The third-order valence-electron chi connectivity index (χ3n) is 3.82. The van der Waals surface area contributed by atoms with Gasteiger partial charge >= 0.3 is 0 Å². The first kappa shape index (κ1) is 18.8. The molecule has 0 aromatic heterocycles. The molecule has 0 unspecified atom stereocenters. The minimum atomic E-state index is -0.357. The van der Waals surface area contributed by atoms with Crippen molar-refractivity contribution in [1.29, 1.82) is 0 Å². The van der Waals surface area contributed by atoms with Crippen molar-refractivity contribution in [3.8, 4) is 5.75 Å². The first-order chi connectivity index (χ1) is 13.1. The van der Waals surface area contributed by atoms with Crippen molar-refractivity contribution in [3.05, 3.63) is 95.6 Å². The molecule has 3 aromatic carbocycles. The number of thiocarbonyl (C=S) groups is 1. The van der Waals surface area contributed by atoms with Gasteiger partial charge < -0.3 is 15.4 Å². The van der Waals surface area contributed by atoms with Crippen LogP contribution in [0.3, 0.4) is 0 Å². The maximum Gasteiger partial charge on any atom is 0.171 e. The van der Waals surface area contributed by atoms with Crippen LogP contribution in [0.15, 0.2) is 72.8 Å². The minimum Gasteiger partial charge on any atom is -0.489 e. The molecule has 0 radical (unpaired) electrons. The van der Waals surface area contributed by atoms with Crippen molar-refractivity contribution < 1.29 is 13.5 Å². The molecule has 0 bridgehead atoms. The molecule has 2 N–H and O–H groups in total. The lowest BCUT2D eigenvalue weighted by atomic mass is 10.2. The average molecular weight is 384 g/mol. The van der Waals surface area contributed by atoms with Crippen LogP contribution in [-0.2, 0) is 13.2 Å². The molecule has 27 heavy (non-hydrogen) atoms. The van der Waals surface area contributed by atoms with Crippen LogP contribution in [0.4, 0.5) is 14.5 Å². The lowest BCUT2D eigenvalue weighted by Gasteiger charge is -2.12. The third kappa shape index (κ3) is 5.76. The van der Waals surface area contributed by atoms with E-state index >= 15 is 0 Å². The number of nitrogens with one attached hydrogen (secondary N) is 2. The van der Waals surface area contributed by atoms with Crippen LogP contribution in [0, 0.1) is 11.6 Å². The summed E-state index contributed by atoms with van der Waals surface area (Å²) in [6, 6.07) is 20.1. The first-order valence-electron chi connectivity index (χ1n) is 8.36. The highest BCUT2D eigenvalue weighted by atomic mass is 32.1. The maximum atomic E-state index is 13.6. The molecule has 3 aromatic rings.